The van der Waals surface area contributed by atoms with Crippen molar-refractivity contribution in [3.63, 3.8) is 0 Å². The molecule has 2 atom stereocenters. The molecule has 0 aliphatic heterocycles. The van der Waals surface area contributed by atoms with E-state index in [1.165, 1.54) is 67.0 Å². The van der Waals surface area contributed by atoms with Crippen LogP contribution in [-0.2, 0) is 10.8 Å². The van der Waals surface area contributed by atoms with E-state index in [-0.39, 0.29) is 10.8 Å². The third-order valence-corrected chi connectivity index (χ3v) is 10.6. The van der Waals surface area contributed by atoms with Crippen molar-refractivity contribution in [2.75, 3.05) is 11.9 Å². The Balaban J connectivity index is 1.28. The van der Waals surface area contributed by atoms with Crippen LogP contribution < -0.4 is 4.90 Å². The number of hydrogen-bond acceptors (Lipinski definition) is 1. The molecule has 2 unspecified atom stereocenters. The molecule has 1 heteroatoms. The molecule has 0 saturated heterocycles. The average molecular weight is 568 g/mol. The van der Waals surface area contributed by atoms with E-state index in [0.29, 0.717) is 0 Å². The van der Waals surface area contributed by atoms with E-state index >= 15 is 0 Å². The summed E-state index contributed by atoms with van der Waals surface area (Å²) >= 11 is 0. The Labute approximate surface area is 261 Å². The highest BCUT2D eigenvalue weighted by molar-refractivity contribution is 5.88. The molecule has 0 bridgehead atoms. The summed E-state index contributed by atoms with van der Waals surface area (Å²) in [7, 11) is 2.22. The number of nitrogens with zero attached hydrogens (tertiary/aromatic N) is 1. The predicted molar refractivity (Wildman–Crippen MR) is 185 cm³/mol. The molecule has 2 aliphatic rings. The van der Waals surface area contributed by atoms with E-state index in [1.807, 2.05) is 0 Å². The van der Waals surface area contributed by atoms with Gasteiger partial charge in [0.2, 0.25) is 0 Å². The van der Waals surface area contributed by atoms with Crippen LogP contribution >= 0.6 is 0 Å². The minimum atomic E-state index is -0.172. The Hall–Kier alpha value is -4.88. The Morgan fingerprint density at radius 2 is 0.773 bits per heavy atom. The average Bonchev–Trinajstić information content (AvgIpc) is 3.56. The second-order valence-corrected chi connectivity index (χ2v) is 12.4. The van der Waals surface area contributed by atoms with Crippen LogP contribution in [0.5, 0.6) is 0 Å². The molecule has 44 heavy (non-hydrogen) atoms. The van der Waals surface area contributed by atoms with Gasteiger partial charge in [0.25, 0.3) is 0 Å². The lowest BCUT2D eigenvalue weighted by Crippen LogP contribution is -2.26. The molecule has 6 aromatic carbocycles. The zero-order valence-corrected chi connectivity index (χ0v) is 25.7. The van der Waals surface area contributed by atoms with Crippen LogP contribution in [-0.4, -0.2) is 7.05 Å². The highest BCUT2D eigenvalue weighted by Crippen LogP contribution is 2.57. The lowest BCUT2D eigenvalue weighted by Gasteiger charge is -2.33. The fraction of sp³-hybridized carbons (Fsp3) is 0.163. The molecule has 0 saturated carbocycles. The Morgan fingerprint density at radius 3 is 1.18 bits per heavy atom. The molecule has 0 radical (unpaired) electrons. The minimum Gasteiger partial charge on any atom is -0.345 e. The van der Waals surface area contributed by atoms with Crippen LogP contribution in [0.25, 0.3) is 22.3 Å². The Morgan fingerprint density at radius 1 is 0.409 bits per heavy atom. The molecule has 0 aromatic heterocycles. The highest BCUT2D eigenvalue weighted by Gasteiger charge is 2.45. The number of hydrogen-bond donors (Lipinski definition) is 0. The van der Waals surface area contributed by atoms with Crippen molar-refractivity contribution < 1.29 is 0 Å². The molecule has 6 aromatic rings. The zero-order chi connectivity index (χ0) is 29.9. The summed E-state index contributed by atoms with van der Waals surface area (Å²) in [6.45, 7) is 4.67. The number of benzene rings is 6. The third kappa shape index (κ3) is 3.53. The SMILES string of the molecule is CCC1(c2ccccc2)c2ccccc2-c2ccc(N(C)c3ccc4c(c3)C(CC)(c3ccccc3)c3ccccc3-4)cc21. The van der Waals surface area contributed by atoms with Gasteiger partial charge in [0.05, 0.1) is 0 Å². The number of fused-ring (bicyclic) bond motifs is 6. The smallest absolute Gasteiger partial charge is 0.0461 e. The molecule has 0 N–H and O–H groups in total. The van der Waals surface area contributed by atoms with Crippen molar-refractivity contribution in [1.29, 1.82) is 0 Å². The first-order valence-electron chi connectivity index (χ1n) is 16.0. The fourth-order valence-electron chi connectivity index (χ4n) is 8.51. The van der Waals surface area contributed by atoms with Gasteiger partial charge >= 0.3 is 0 Å². The molecule has 0 fully saturated rings. The monoisotopic (exact) mass is 567 g/mol. The molecule has 1 nitrogen and oxygen atoms in total. The quantitative estimate of drug-likeness (QED) is 0.193. The minimum absolute atomic E-state index is 0.172. The van der Waals surface area contributed by atoms with Crippen molar-refractivity contribution in [2.45, 2.75) is 37.5 Å². The van der Waals surface area contributed by atoms with Gasteiger partial charge in [-0.05, 0) is 92.7 Å². The maximum Gasteiger partial charge on any atom is 0.0461 e. The summed E-state index contributed by atoms with van der Waals surface area (Å²) in [5, 5.41) is 0. The zero-order valence-electron chi connectivity index (χ0n) is 25.7. The summed E-state index contributed by atoms with van der Waals surface area (Å²) in [5.74, 6) is 0. The second kappa shape index (κ2) is 10.1. The first-order chi connectivity index (χ1) is 21.6. The van der Waals surface area contributed by atoms with E-state index in [4.69, 9.17) is 0 Å². The van der Waals surface area contributed by atoms with Gasteiger partial charge in [0.15, 0.2) is 0 Å². The van der Waals surface area contributed by atoms with Crippen LogP contribution in [0.4, 0.5) is 11.4 Å². The topological polar surface area (TPSA) is 3.24 Å². The lowest BCUT2D eigenvalue weighted by molar-refractivity contribution is 0.609. The largest absolute Gasteiger partial charge is 0.345 e. The van der Waals surface area contributed by atoms with Crippen LogP contribution in [0, 0.1) is 0 Å². The maximum absolute atomic E-state index is 2.46. The van der Waals surface area contributed by atoms with Crippen LogP contribution in [0.2, 0.25) is 0 Å². The fourth-order valence-corrected chi connectivity index (χ4v) is 8.51. The van der Waals surface area contributed by atoms with Gasteiger partial charge in [-0.2, -0.15) is 0 Å². The van der Waals surface area contributed by atoms with E-state index < -0.39 is 0 Å². The molecular formula is C43H37N. The molecule has 0 heterocycles. The lowest BCUT2D eigenvalue weighted by atomic mass is 9.70. The molecular weight excluding hydrogens is 530 g/mol. The van der Waals surface area contributed by atoms with Gasteiger partial charge in [0.1, 0.15) is 0 Å². The molecule has 0 amide bonds. The van der Waals surface area contributed by atoms with Crippen LogP contribution in [0.1, 0.15) is 60.1 Å². The van der Waals surface area contributed by atoms with Crippen molar-refractivity contribution in [3.8, 4) is 22.3 Å². The molecule has 8 rings (SSSR count). The van der Waals surface area contributed by atoms with Gasteiger partial charge in [0, 0.05) is 29.3 Å². The highest BCUT2D eigenvalue weighted by atomic mass is 15.1. The third-order valence-electron chi connectivity index (χ3n) is 10.6. The van der Waals surface area contributed by atoms with Crippen LogP contribution in [0.15, 0.2) is 146 Å². The van der Waals surface area contributed by atoms with Gasteiger partial charge in [-0.25, -0.2) is 0 Å². The maximum atomic E-state index is 2.46. The van der Waals surface area contributed by atoms with Gasteiger partial charge < -0.3 is 4.90 Å². The summed E-state index contributed by atoms with van der Waals surface area (Å²) in [4.78, 5) is 2.38. The number of rotatable bonds is 6. The van der Waals surface area contributed by atoms with Crippen LogP contribution in [0.3, 0.4) is 0 Å². The molecule has 0 spiro atoms. The van der Waals surface area contributed by atoms with Gasteiger partial charge in [-0.1, -0.05) is 135 Å². The van der Waals surface area contributed by atoms with Crippen molar-refractivity contribution in [2.24, 2.45) is 0 Å². The first kappa shape index (κ1) is 26.7. The predicted octanol–water partition coefficient (Wildman–Crippen LogP) is 10.9. The van der Waals surface area contributed by atoms with E-state index in [1.54, 1.807) is 0 Å². The summed E-state index contributed by atoms with van der Waals surface area (Å²) in [6, 6.07) is 54.4. The summed E-state index contributed by atoms with van der Waals surface area (Å²) in [6.07, 6.45) is 2.00. The van der Waals surface area contributed by atoms with Crippen molar-refractivity contribution in [1.82, 2.24) is 0 Å². The Bertz CT molecular complexity index is 1860. The van der Waals surface area contributed by atoms with Gasteiger partial charge in [-0.15, -0.1) is 0 Å². The molecule has 214 valence electrons. The van der Waals surface area contributed by atoms with Crippen molar-refractivity contribution in [3.05, 3.63) is 179 Å². The Kier molecular flexibility index (Phi) is 6.13. The normalized spacial score (nSPS) is 19.2. The van der Waals surface area contributed by atoms with E-state index in [9.17, 15) is 0 Å². The van der Waals surface area contributed by atoms with E-state index in [0.717, 1.165) is 12.8 Å². The summed E-state index contributed by atoms with van der Waals surface area (Å²) in [5.41, 5.74) is 15.8. The van der Waals surface area contributed by atoms with Crippen molar-refractivity contribution >= 4 is 11.4 Å². The standard InChI is InChI=1S/C43H37N/c1-4-42(30-16-8-6-9-17-30)38-22-14-12-20-34(38)36-26-24-32(28-40(36)42)44(3)33-25-27-37-35-21-13-15-23-39(35)43(5-2,41(37)29-33)31-18-10-7-11-19-31/h6-29H,4-5H2,1-3H3. The first-order valence-corrected chi connectivity index (χ1v) is 16.0. The van der Waals surface area contributed by atoms with E-state index in [2.05, 4.69) is 171 Å². The van der Waals surface area contributed by atoms with Gasteiger partial charge in [-0.3, -0.25) is 0 Å². The number of anilines is 2. The second-order valence-electron chi connectivity index (χ2n) is 12.4. The summed E-state index contributed by atoms with van der Waals surface area (Å²) < 4.78 is 0. The molecule has 2 aliphatic carbocycles.